The lowest BCUT2D eigenvalue weighted by Crippen LogP contribution is -2.17. The van der Waals surface area contributed by atoms with Crippen LogP contribution in [0.15, 0.2) is 36.4 Å². The fourth-order valence-electron chi connectivity index (χ4n) is 4.88. The number of hydrogen-bond acceptors (Lipinski definition) is 4. The highest BCUT2D eigenvalue weighted by Gasteiger charge is 2.30. The van der Waals surface area contributed by atoms with Crippen molar-refractivity contribution >= 4 is 11.6 Å². The molecule has 1 aliphatic heterocycles. The summed E-state index contributed by atoms with van der Waals surface area (Å²) in [6.45, 7) is 1.43. The van der Waals surface area contributed by atoms with Gasteiger partial charge in [-0.15, -0.1) is 10.2 Å². The number of nitrogens with zero attached hydrogens (tertiary/aromatic N) is 3. The van der Waals surface area contributed by atoms with Crippen LogP contribution in [-0.2, 0) is 13.1 Å². The second kappa shape index (κ2) is 8.00. The van der Waals surface area contributed by atoms with Crippen molar-refractivity contribution in [2.45, 2.75) is 50.6 Å². The Morgan fingerprint density at radius 1 is 1.03 bits per heavy atom. The molecule has 0 spiro atoms. The molecular formula is C23H24ClFN4O. The van der Waals surface area contributed by atoms with Gasteiger partial charge in [0.25, 0.3) is 0 Å². The van der Waals surface area contributed by atoms with Gasteiger partial charge in [0.2, 0.25) is 0 Å². The lowest BCUT2D eigenvalue weighted by atomic mass is 9.78. The average Bonchev–Trinajstić information content (AvgIpc) is 3.09. The number of fused-ring (bicyclic) bond motifs is 3. The zero-order chi connectivity index (χ0) is 20.7. The number of ether oxygens (including phenoxy) is 1. The Labute approximate surface area is 180 Å². The second-order valence-electron chi connectivity index (χ2n) is 8.12. The molecule has 0 radical (unpaired) electrons. The molecule has 7 heteroatoms. The lowest BCUT2D eigenvalue weighted by Gasteiger charge is -2.29. The largest absolute Gasteiger partial charge is 0.496 e. The number of halogens is 2. The molecule has 0 saturated heterocycles. The number of aromatic nitrogens is 3. The van der Waals surface area contributed by atoms with Crippen molar-refractivity contribution in [1.29, 1.82) is 0 Å². The van der Waals surface area contributed by atoms with Crippen LogP contribution in [0.4, 0.5) is 4.39 Å². The zero-order valence-corrected chi connectivity index (χ0v) is 17.6. The van der Waals surface area contributed by atoms with E-state index in [0.717, 1.165) is 71.5 Å². The Hall–Kier alpha value is -2.44. The van der Waals surface area contributed by atoms with Crippen molar-refractivity contribution < 1.29 is 9.13 Å². The van der Waals surface area contributed by atoms with Crippen molar-refractivity contribution in [2.75, 3.05) is 7.11 Å². The zero-order valence-electron chi connectivity index (χ0n) is 16.9. The van der Waals surface area contributed by atoms with Crippen LogP contribution in [0, 0.1) is 5.82 Å². The first-order valence-electron chi connectivity index (χ1n) is 10.4. The molecule has 1 fully saturated rings. The monoisotopic (exact) mass is 426 g/mol. The van der Waals surface area contributed by atoms with E-state index in [2.05, 4.69) is 26.1 Å². The fourth-order valence-corrected chi connectivity index (χ4v) is 5.08. The lowest BCUT2D eigenvalue weighted by molar-refractivity contribution is 0.360. The maximum atomic E-state index is 13.8. The minimum absolute atomic E-state index is 0.210. The normalized spacial score (nSPS) is 20.9. The summed E-state index contributed by atoms with van der Waals surface area (Å²) in [6.07, 6.45) is 3.91. The molecule has 5 rings (SSSR count). The summed E-state index contributed by atoms with van der Waals surface area (Å²) in [6, 6.07) is 10.8. The Bertz CT molecular complexity index is 1080. The summed E-state index contributed by atoms with van der Waals surface area (Å²) in [4.78, 5) is 0. The van der Waals surface area contributed by atoms with Crippen LogP contribution in [-0.4, -0.2) is 21.9 Å². The van der Waals surface area contributed by atoms with Gasteiger partial charge in [-0.1, -0.05) is 11.6 Å². The van der Waals surface area contributed by atoms with Gasteiger partial charge in [0.1, 0.15) is 17.4 Å². The molecule has 2 aliphatic rings. The van der Waals surface area contributed by atoms with E-state index in [1.54, 1.807) is 19.2 Å². The Balaban J connectivity index is 1.42. The van der Waals surface area contributed by atoms with Crippen LogP contribution in [0.1, 0.15) is 60.3 Å². The molecule has 5 nitrogen and oxygen atoms in total. The van der Waals surface area contributed by atoms with Gasteiger partial charge in [-0.2, -0.15) is 0 Å². The molecular weight excluding hydrogens is 403 g/mol. The van der Waals surface area contributed by atoms with Crippen LogP contribution in [0.5, 0.6) is 5.75 Å². The number of nitrogens with one attached hydrogen (secondary N) is 1. The highest BCUT2D eigenvalue weighted by molar-refractivity contribution is 6.30. The first-order valence-corrected chi connectivity index (χ1v) is 10.8. The predicted octanol–water partition coefficient (Wildman–Crippen LogP) is 5.11. The highest BCUT2D eigenvalue weighted by Crippen LogP contribution is 2.43. The van der Waals surface area contributed by atoms with Crippen molar-refractivity contribution in [3.05, 3.63) is 70.0 Å². The minimum atomic E-state index is -0.210. The third-order valence-corrected chi connectivity index (χ3v) is 6.60. The number of benzene rings is 2. The number of methoxy groups -OCH3 is 1. The van der Waals surface area contributed by atoms with Gasteiger partial charge in [-0.3, -0.25) is 4.57 Å². The molecule has 1 N–H and O–H groups in total. The molecule has 0 atom stereocenters. The smallest absolute Gasteiger partial charge is 0.151 e. The van der Waals surface area contributed by atoms with E-state index < -0.39 is 0 Å². The summed E-state index contributed by atoms with van der Waals surface area (Å²) < 4.78 is 21.5. The first-order chi connectivity index (χ1) is 14.6. The van der Waals surface area contributed by atoms with E-state index >= 15 is 0 Å². The van der Waals surface area contributed by atoms with Gasteiger partial charge in [-0.25, -0.2) is 4.39 Å². The van der Waals surface area contributed by atoms with Gasteiger partial charge in [0, 0.05) is 23.0 Å². The molecule has 3 aromatic rings. The van der Waals surface area contributed by atoms with E-state index in [1.165, 1.54) is 6.07 Å². The highest BCUT2D eigenvalue weighted by atomic mass is 35.5. The molecule has 1 aromatic heterocycles. The summed E-state index contributed by atoms with van der Waals surface area (Å²) >= 11 is 6.22. The molecule has 2 aromatic carbocycles. The van der Waals surface area contributed by atoms with Crippen LogP contribution >= 0.6 is 11.6 Å². The van der Waals surface area contributed by atoms with Crippen LogP contribution in [0.2, 0.25) is 5.02 Å². The van der Waals surface area contributed by atoms with Crippen LogP contribution < -0.4 is 10.1 Å². The Morgan fingerprint density at radius 3 is 2.63 bits per heavy atom. The van der Waals surface area contributed by atoms with Crippen molar-refractivity contribution in [2.24, 2.45) is 0 Å². The van der Waals surface area contributed by atoms with Gasteiger partial charge in [0.05, 0.1) is 19.3 Å². The topological polar surface area (TPSA) is 52.0 Å². The van der Waals surface area contributed by atoms with Gasteiger partial charge in [-0.05, 0) is 73.6 Å². The summed E-state index contributed by atoms with van der Waals surface area (Å²) in [5, 5.41) is 13.2. The molecule has 0 unspecified atom stereocenters. The van der Waals surface area contributed by atoms with Gasteiger partial charge < -0.3 is 10.1 Å². The molecule has 1 saturated carbocycles. The summed E-state index contributed by atoms with van der Waals surface area (Å²) in [7, 11) is 1.64. The Morgan fingerprint density at radius 2 is 1.83 bits per heavy atom. The third kappa shape index (κ3) is 3.48. The molecule has 30 heavy (non-hydrogen) atoms. The minimum Gasteiger partial charge on any atom is -0.496 e. The standard InChI is InChI=1S/C23H24ClFN4O/c1-30-21-9-7-18(25)11-19(21)14-2-4-15(5-3-14)23-28-27-22-13-26-12-16-10-17(24)6-8-20(16)29(22)23/h6-11,14-15,26H,2-5,12-13H2,1H3/t14-,15-. The first kappa shape index (κ1) is 19.5. The Kier molecular flexibility index (Phi) is 5.21. The van der Waals surface area contributed by atoms with Crippen LogP contribution in [0.25, 0.3) is 5.69 Å². The van der Waals surface area contributed by atoms with Crippen molar-refractivity contribution in [3.8, 4) is 11.4 Å². The van der Waals surface area contributed by atoms with E-state index in [-0.39, 0.29) is 5.82 Å². The maximum absolute atomic E-state index is 13.8. The molecule has 2 heterocycles. The van der Waals surface area contributed by atoms with Crippen molar-refractivity contribution in [1.82, 2.24) is 20.1 Å². The molecule has 156 valence electrons. The second-order valence-corrected chi connectivity index (χ2v) is 8.56. The number of rotatable bonds is 3. The summed E-state index contributed by atoms with van der Waals surface area (Å²) in [5.74, 6) is 3.13. The SMILES string of the molecule is COc1ccc(F)cc1[C@H]1CC[C@H](c2nnc3n2-c2ccc(Cl)cc2CNC3)CC1. The van der Waals surface area contributed by atoms with E-state index in [0.29, 0.717) is 18.4 Å². The predicted molar refractivity (Wildman–Crippen MR) is 114 cm³/mol. The van der Waals surface area contributed by atoms with E-state index in [1.807, 2.05) is 12.1 Å². The van der Waals surface area contributed by atoms with Gasteiger partial charge >= 0.3 is 0 Å². The van der Waals surface area contributed by atoms with E-state index in [9.17, 15) is 4.39 Å². The number of hydrogen-bond donors (Lipinski definition) is 1. The molecule has 0 amide bonds. The van der Waals surface area contributed by atoms with E-state index in [4.69, 9.17) is 16.3 Å². The average molecular weight is 427 g/mol. The van der Waals surface area contributed by atoms with Crippen molar-refractivity contribution in [3.63, 3.8) is 0 Å². The maximum Gasteiger partial charge on any atom is 0.151 e. The molecule has 0 bridgehead atoms. The third-order valence-electron chi connectivity index (χ3n) is 6.36. The van der Waals surface area contributed by atoms with Gasteiger partial charge in [0.15, 0.2) is 5.82 Å². The quantitative estimate of drug-likeness (QED) is 0.632. The fraction of sp³-hybridized carbons (Fsp3) is 0.391. The molecule has 1 aliphatic carbocycles. The summed E-state index contributed by atoms with van der Waals surface area (Å²) in [5.41, 5.74) is 3.23. The van der Waals surface area contributed by atoms with Crippen LogP contribution in [0.3, 0.4) is 0 Å².